The maximum Gasteiger partial charge on any atom is 0.289 e. The number of aliphatic hydroxyl groups excluding tert-OH is 1. The number of aliphatic hydroxyl groups is 1. The smallest absolute Gasteiger partial charge is 0.289 e. The van der Waals surface area contributed by atoms with Gasteiger partial charge in [-0.05, 0) is 12.1 Å². The molecule has 0 unspecified atom stereocenters. The van der Waals surface area contributed by atoms with Gasteiger partial charge in [0.15, 0.2) is 5.82 Å². The van der Waals surface area contributed by atoms with Crippen LogP contribution in [0.4, 0.5) is 0 Å². The molecule has 0 spiro atoms. The molecule has 0 bridgehead atoms. The van der Waals surface area contributed by atoms with Crippen molar-refractivity contribution in [1.82, 2.24) is 14.9 Å². The highest BCUT2D eigenvalue weighted by Crippen LogP contribution is 2.06. The Bertz CT molecular complexity index is 636. The SMILES string of the molecule is CN(CCO)C(=O)c1nc2ccccc2c(=O)[nH]1. The van der Waals surface area contributed by atoms with Crippen LogP contribution in [0.1, 0.15) is 10.6 Å². The quantitative estimate of drug-likeness (QED) is 0.798. The first-order valence-electron chi connectivity index (χ1n) is 5.49. The fourth-order valence-corrected chi connectivity index (χ4v) is 1.62. The number of amides is 1. The first-order valence-corrected chi connectivity index (χ1v) is 5.49. The van der Waals surface area contributed by atoms with E-state index in [0.717, 1.165) is 0 Å². The van der Waals surface area contributed by atoms with Crippen LogP contribution >= 0.6 is 0 Å². The van der Waals surface area contributed by atoms with Gasteiger partial charge in [-0.2, -0.15) is 0 Å². The van der Waals surface area contributed by atoms with Crippen LogP contribution in [0.2, 0.25) is 0 Å². The number of fused-ring (bicyclic) bond motifs is 1. The molecule has 6 nitrogen and oxygen atoms in total. The van der Waals surface area contributed by atoms with Gasteiger partial charge in [0, 0.05) is 13.6 Å². The number of nitrogens with one attached hydrogen (secondary N) is 1. The van der Waals surface area contributed by atoms with Gasteiger partial charge in [0.2, 0.25) is 0 Å². The molecule has 0 aliphatic carbocycles. The molecule has 0 aliphatic rings. The van der Waals surface area contributed by atoms with E-state index in [4.69, 9.17) is 5.11 Å². The molecule has 2 aromatic rings. The van der Waals surface area contributed by atoms with Crippen LogP contribution in [-0.2, 0) is 0 Å². The zero-order chi connectivity index (χ0) is 13.1. The summed E-state index contributed by atoms with van der Waals surface area (Å²) in [7, 11) is 1.54. The molecular formula is C12H13N3O3. The predicted molar refractivity (Wildman–Crippen MR) is 66.4 cm³/mol. The van der Waals surface area contributed by atoms with Crippen molar-refractivity contribution in [2.75, 3.05) is 20.2 Å². The van der Waals surface area contributed by atoms with Crippen LogP contribution in [0, 0.1) is 0 Å². The summed E-state index contributed by atoms with van der Waals surface area (Å²) in [5.41, 5.74) is 0.128. The molecule has 2 N–H and O–H groups in total. The summed E-state index contributed by atoms with van der Waals surface area (Å²) >= 11 is 0. The highest BCUT2D eigenvalue weighted by molar-refractivity contribution is 5.92. The number of hydrogen-bond acceptors (Lipinski definition) is 4. The molecule has 94 valence electrons. The molecule has 0 aliphatic heterocycles. The summed E-state index contributed by atoms with van der Waals surface area (Å²) in [6.07, 6.45) is 0. The molecule has 6 heteroatoms. The van der Waals surface area contributed by atoms with E-state index in [1.807, 2.05) is 0 Å². The summed E-state index contributed by atoms with van der Waals surface area (Å²) in [4.78, 5) is 31.5. The Balaban J connectivity index is 2.47. The Morgan fingerprint density at radius 1 is 1.44 bits per heavy atom. The van der Waals surface area contributed by atoms with Crippen LogP contribution in [-0.4, -0.2) is 46.1 Å². The van der Waals surface area contributed by atoms with E-state index in [1.165, 1.54) is 11.9 Å². The van der Waals surface area contributed by atoms with Gasteiger partial charge in [-0.15, -0.1) is 0 Å². The molecule has 1 aromatic carbocycles. The van der Waals surface area contributed by atoms with Gasteiger partial charge in [0.1, 0.15) is 0 Å². The molecule has 0 fully saturated rings. The van der Waals surface area contributed by atoms with Crippen LogP contribution in [0.5, 0.6) is 0 Å². The van der Waals surface area contributed by atoms with Crippen molar-refractivity contribution in [3.8, 4) is 0 Å². The Kier molecular flexibility index (Phi) is 3.38. The van der Waals surface area contributed by atoms with Gasteiger partial charge < -0.3 is 15.0 Å². The number of hydrogen-bond donors (Lipinski definition) is 2. The van der Waals surface area contributed by atoms with Crippen molar-refractivity contribution >= 4 is 16.8 Å². The lowest BCUT2D eigenvalue weighted by molar-refractivity contribution is 0.0755. The Morgan fingerprint density at radius 3 is 2.89 bits per heavy atom. The van der Waals surface area contributed by atoms with Crippen molar-refractivity contribution in [1.29, 1.82) is 0 Å². The number of aromatic nitrogens is 2. The second-order valence-corrected chi connectivity index (χ2v) is 3.88. The monoisotopic (exact) mass is 247 g/mol. The normalized spacial score (nSPS) is 10.6. The average molecular weight is 247 g/mol. The van der Waals surface area contributed by atoms with Crippen molar-refractivity contribution in [3.05, 3.63) is 40.4 Å². The number of aromatic amines is 1. The molecule has 0 saturated carbocycles. The predicted octanol–water partition coefficient (Wildman–Crippen LogP) is -0.0126. The number of benzene rings is 1. The Labute approximate surface area is 103 Å². The zero-order valence-electron chi connectivity index (χ0n) is 9.88. The third kappa shape index (κ3) is 2.23. The van der Waals surface area contributed by atoms with Crippen molar-refractivity contribution in [3.63, 3.8) is 0 Å². The number of likely N-dealkylation sites (N-methyl/N-ethyl adjacent to an activating group) is 1. The van der Waals surface area contributed by atoms with Crippen molar-refractivity contribution in [2.45, 2.75) is 0 Å². The summed E-state index contributed by atoms with van der Waals surface area (Å²) in [5, 5.41) is 9.22. The molecular weight excluding hydrogens is 234 g/mol. The Hall–Kier alpha value is -2.21. The minimum Gasteiger partial charge on any atom is -0.395 e. The lowest BCUT2D eigenvalue weighted by Gasteiger charge is -2.14. The Morgan fingerprint density at radius 2 is 2.17 bits per heavy atom. The zero-order valence-corrected chi connectivity index (χ0v) is 9.88. The van der Waals surface area contributed by atoms with E-state index < -0.39 is 5.91 Å². The average Bonchev–Trinajstić information content (AvgIpc) is 2.38. The maximum atomic E-state index is 11.9. The third-order valence-electron chi connectivity index (χ3n) is 2.60. The van der Waals surface area contributed by atoms with Gasteiger partial charge in [-0.3, -0.25) is 9.59 Å². The molecule has 2 rings (SSSR count). The van der Waals surface area contributed by atoms with Crippen LogP contribution in [0.3, 0.4) is 0 Å². The maximum absolute atomic E-state index is 11.9. The number of carbonyl (C=O) groups excluding carboxylic acids is 1. The number of H-pyrrole nitrogens is 1. The van der Waals surface area contributed by atoms with E-state index in [0.29, 0.717) is 10.9 Å². The van der Waals surface area contributed by atoms with Crippen LogP contribution in [0.15, 0.2) is 29.1 Å². The van der Waals surface area contributed by atoms with Crippen LogP contribution in [0.25, 0.3) is 10.9 Å². The van der Waals surface area contributed by atoms with E-state index >= 15 is 0 Å². The molecule has 0 atom stereocenters. The second-order valence-electron chi connectivity index (χ2n) is 3.88. The number of para-hydroxylation sites is 1. The minimum atomic E-state index is -0.424. The molecule has 1 amide bonds. The van der Waals surface area contributed by atoms with Crippen molar-refractivity contribution < 1.29 is 9.90 Å². The first kappa shape index (κ1) is 12.3. The van der Waals surface area contributed by atoms with E-state index in [2.05, 4.69) is 9.97 Å². The first-order chi connectivity index (χ1) is 8.63. The van der Waals surface area contributed by atoms with Gasteiger partial charge in [-0.25, -0.2) is 4.98 Å². The van der Waals surface area contributed by atoms with E-state index in [1.54, 1.807) is 24.3 Å². The largest absolute Gasteiger partial charge is 0.395 e. The highest BCUT2D eigenvalue weighted by Gasteiger charge is 2.15. The summed E-state index contributed by atoms with van der Waals surface area (Å²) in [6, 6.07) is 6.80. The third-order valence-corrected chi connectivity index (χ3v) is 2.60. The lowest BCUT2D eigenvalue weighted by atomic mass is 10.2. The number of carbonyl (C=O) groups is 1. The molecule has 1 heterocycles. The second kappa shape index (κ2) is 4.97. The molecule has 0 saturated heterocycles. The summed E-state index contributed by atoms with van der Waals surface area (Å²) in [5.74, 6) is -0.443. The molecule has 18 heavy (non-hydrogen) atoms. The van der Waals surface area contributed by atoms with Gasteiger partial charge in [0.25, 0.3) is 11.5 Å². The lowest BCUT2D eigenvalue weighted by Crippen LogP contribution is -2.32. The van der Waals surface area contributed by atoms with Crippen molar-refractivity contribution in [2.24, 2.45) is 0 Å². The standard InChI is InChI=1S/C12H13N3O3/c1-15(6-7-16)12(18)10-13-9-5-3-2-4-8(9)11(17)14-10/h2-5,16H,6-7H2,1H3,(H,13,14,17). The van der Waals surface area contributed by atoms with Crippen LogP contribution < -0.4 is 5.56 Å². The van der Waals surface area contributed by atoms with Gasteiger partial charge >= 0.3 is 0 Å². The summed E-state index contributed by atoms with van der Waals surface area (Å²) in [6.45, 7) is 0.0510. The fraction of sp³-hybridized carbons (Fsp3) is 0.250. The topological polar surface area (TPSA) is 86.3 Å². The van der Waals surface area contributed by atoms with E-state index in [-0.39, 0.29) is 24.5 Å². The minimum absolute atomic E-state index is 0.0188. The number of nitrogens with zero attached hydrogens (tertiary/aromatic N) is 2. The van der Waals surface area contributed by atoms with Gasteiger partial charge in [-0.1, -0.05) is 12.1 Å². The van der Waals surface area contributed by atoms with E-state index in [9.17, 15) is 9.59 Å². The summed E-state index contributed by atoms with van der Waals surface area (Å²) < 4.78 is 0. The van der Waals surface area contributed by atoms with Gasteiger partial charge in [0.05, 0.1) is 17.5 Å². The molecule has 0 radical (unpaired) electrons. The molecule has 1 aromatic heterocycles. The fourth-order valence-electron chi connectivity index (χ4n) is 1.62. The highest BCUT2D eigenvalue weighted by atomic mass is 16.3. The number of rotatable bonds is 3.